The number of likely N-dealkylation sites (tertiary alicyclic amines) is 1. The van der Waals surface area contributed by atoms with Gasteiger partial charge in [-0.15, -0.1) is 0 Å². The van der Waals surface area contributed by atoms with E-state index in [0.29, 0.717) is 5.56 Å². The second kappa shape index (κ2) is 10.8. The number of carboxylic acid groups (broad SMARTS) is 1. The summed E-state index contributed by atoms with van der Waals surface area (Å²) in [6, 6.07) is 9.58. The second-order valence-electron chi connectivity index (χ2n) is 8.15. The third-order valence-corrected chi connectivity index (χ3v) is 5.88. The summed E-state index contributed by atoms with van der Waals surface area (Å²) in [5, 5.41) is 21.9. The summed E-state index contributed by atoms with van der Waals surface area (Å²) in [7, 11) is 1.20. The highest BCUT2D eigenvalue weighted by Gasteiger charge is 2.41. The fourth-order valence-electron chi connectivity index (χ4n) is 4.12. The number of halogens is 3. The van der Waals surface area contributed by atoms with Gasteiger partial charge in [0.15, 0.2) is 6.10 Å². The number of aliphatic hydroxyl groups is 1. The van der Waals surface area contributed by atoms with Gasteiger partial charge in [-0.3, -0.25) is 9.59 Å². The van der Waals surface area contributed by atoms with Gasteiger partial charge in [-0.05, 0) is 30.5 Å². The zero-order valence-electron chi connectivity index (χ0n) is 18.8. The lowest BCUT2D eigenvalue weighted by Gasteiger charge is -2.29. The molecule has 1 aliphatic rings. The van der Waals surface area contributed by atoms with Gasteiger partial charge in [0.25, 0.3) is 0 Å². The zero-order chi connectivity index (χ0) is 25.8. The van der Waals surface area contributed by atoms with Crippen LogP contribution >= 0.6 is 0 Å². The van der Waals surface area contributed by atoms with E-state index in [1.54, 1.807) is 30.3 Å². The van der Waals surface area contributed by atoms with Gasteiger partial charge in [0, 0.05) is 12.0 Å². The number of aliphatic hydroxyl groups excluding tert-OH is 1. The highest BCUT2D eigenvalue weighted by molar-refractivity contribution is 5.91. The van der Waals surface area contributed by atoms with Gasteiger partial charge in [0.1, 0.15) is 11.8 Å². The van der Waals surface area contributed by atoms with Gasteiger partial charge >= 0.3 is 12.1 Å². The molecule has 2 amide bonds. The molecule has 3 atom stereocenters. The number of carbonyl (C=O) groups is 3. The van der Waals surface area contributed by atoms with E-state index in [0.717, 1.165) is 11.0 Å². The molecule has 1 aliphatic heterocycles. The SMILES string of the molecule is COc1cccc(C(F)(F)F)c1CN1C(=O)CC[C@@H]1C(=O)NC(Cc1ccccc1)C(O)C(=O)O. The molecule has 3 N–H and O–H groups in total. The molecule has 2 unspecified atom stereocenters. The number of nitrogens with zero attached hydrogens (tertiary/aromatic N) is 1. The summed E-state index contributed by atoms with van der Waals surface area (Å²) in [4.78, 5) is 38.1. The van der Waals surface area contributed by atoms with E-state index in [4.69, 9.17) is 4.74 Å². The Balaban J connectivity index is 1.86. The molecule has 0 aliphatic carbocycles. The first-order valence-corrected chi connectivity index (χ1v) is 10.8. The van der Waals surface area contributed by atoms with Crippen LogP contribution in [0.1, 0.15) is 29.5 Å². The number of hydrogen-bond acceptors (Lipinski definition) is 5. The van der Waals surface area contributed by atoms with Crippen molar-refractivity contribution in [2.45, 2.75) is 50.2 Å². The first-order chi connectivity index (χ1) is 16.5. The molecule has 2 aromatic rings. The van der Waals surface area contributed by atoms with Gasteiger partial charge in [-0.2, -0.15) is 13.2 Å². The second-order valence-corrected chi connectivity index (χ2v) is 8.15. The predicted octanol–water partition coefficient (Wildman–Crippen LogP) is 2.38. The molecule has 0 radical (unpaired) electrons. The van der Waals surface area contributed by atoms with Crippen LogP contribution in [0.25, 0.3) is 0 Å². The molecule has 2 aromatic carbocycles. The monoisotopic (exact) mass is 494 g/mol. The molecular formula is C24H25F3N2O6. The molecular weight excluding hydrogens is 469 g/mol. The minimum Gasteiger partial charge on any atom is -0.496 e. The summed E-state index contributed by atoms with van der Waals surface area (Å²) >= 11 is 0. The van der Waals surface area contributed by atoms with Gasteiger partial charge in [-0.1, -0.05) is 36.4 Å². The summed E-state index contributed by atoms with van der Waals surface area (Å²) in [5.74, 6) is -2.92. The molecule has 0 aromatic heterocycles. The van der Waals surface area contributed by atoms with Crippen LogP contribution in [0.3, 0.4) is 0 Å². The Labute approximate surface area is 199 Å². The Morgan fingerprint density at radius 1 is 1.17 bits per heavy atom. The summed E-state index contributed by atoms with van der Waals surface area (Å²) < 4.78 is 45.9. The maximum atomic E-state index is 13.6. The normalized spacial score (nSPS) is 17.7. The van der Waals surface area contributed by atoms with Crippen LogP contribution in [0.4, 0.5) is 13.2 Å². The van der Waals surface area contributed by atoms with Gasteiger partial charge in [-0.25, -0.2) is 4.79 Å². The first kappa shape index (κ1) is 26.0. The molecule has 1 heterocycles. The molecule has 11 heteroatoms. The minimum atomic E-state index is -4.71. The van der Waals surface area contributed by atoms with Crippen molar-refractivity contribution in [1.29, 1.82) is 0 Å². The topological polar surface area (TPSA) is 116 Å². The van der Waals surface area contributed by atoms with Crippen LogP contribution in [-0.2, 0) is 33.5 Å². The Morgan fingerprint density at radius 3 is 2.46 bits per heavy atom. The maximum Gasteiger partial charge on any atom is 0.416 e. The van der Waals surface area contributed by atoms with E-state index >= 15 is 0 Å². The van der Waals surface area contributed by atoms with Crippen molar-refractivity contribution >= 4 is 17.8 Å². The van der Waals surface area contributed by atoms with E-state index in [2.05, 4.69) is 5.32 Å². The Bertz CT molecular complexity index is 1080. The smallest absolute Gasteiger partial charge is 0.416 e. The number of ether oxygens (including phenoxy) is 1. The van der Waals surface area contributed by atoms with Crippen molar-refractivity contribution in [2.24, 2.45) is 0 Å². The Kier molecular flexibility index (Phi) is 8.00. The van der Waals surface area contributed by atoms with E-state index in [-0.39, 0.29) is 30.6 Å². The third kappa shape index (κ3) is 6.10. The molecule has 188 valence electrons. The minimum absolute atomic E-state index is 0.00849. The maximum absolute atomic E-state index is 13.6. The Hall–Kier alpha value is -3.60. The van der Waals surface area contributed by atoms with Crippen LogP contribution < -0.4 is 10.1 Å². The van der Waals surface area contributed by atoms with E-state index in [1.807, 2.05) is 0 Å². The first-order valence-electron chi connectivity index (χ1n) is 10.8. The Morgan fingerprint density at radius 2 is 1.86 bits per heavy atom. The van der Waals surface area contributed by atoms with E-state index in [9.17, 15) is 37.8 Å². The average molecular weight is 494 g/mol. The van der Waals surface area contributed by atoms with Crippen molar-refractivity contribution < 1.29 is 42.5 Å². The molecule has 0 saturated carbocycles. The lowest BCUT2D eigenvalue weighted by Crippen LogP contribution is -2.53. The van der Waals surface area contributed by atoms with Gasteiger partial charge < -0.3 is 25.2 Å². The number of rotatable bonds is 9. The molecule has 0 bridgehead atoms. The van der Waals surface area contributed by atoms with Crippen LogP contribution in [0.2, 0.25) is 0 Å². The number of methoxy groups -OCH3 is 1. The van der Waals surface area contributed by atoms with Gasteiger partial charge in [0.05, 0.1) is 25.3 Å². The standard InChI is InChI=1S/C24H25F3N2O6/c1-35-19-9-5-8-16(24(25,26)27)15(19)13-29-18(10-11-20(29)30)22(32)28-17(21(31)23(33)34)12-14-6-3-2-4-7-14/h2-9,17-18,21,31H,10-13H2,1H3,(H,28,32)(H,33,34)/t17?,18-,21?/m1/s1. The van der Waals surface area contributed by atoms with Crippen molar-refractivity contribution in [3.8, 4) is 5.75 Å². The summed E-state index contributed by atoms with van der Waals surface area (Å²) in [6.07, 6.45) is -6.69. The van der Waals surface area contributed by atoms with Crippen molar-refractivity contribution in [1.82, 2.24) is 10.2 Å². The fourth-order valence-corrected chi connectivity index (χ4v) is 4.12. The molecule has 0 spiro atoms. The fraction of sp³-hybridized carbons (Fsp3) is 0.375. The van der Waals surface area contributed by atoms with Crippen molar-refractivity contribution in [2.75, 3.05) is 7.11 Å². The average Bonchev–Trinajstić information content (AvgIpc) is 3.18. The summed E-state index contributed by atoms with van der Waals surface area (Å²) in [6.45, 7) is -0.527. The lowest BCUT2D eigenvalue weighted by atomic mass is 10.0. The number of aliphatic carboxylic acids is 1. The number of carbonyl (C=O) groups excluding carboxylic acids is 2. The molecule has 35 heavy (non-hydrogen) atoms. The van der Waals surface area contributed by atoms with Crippen molar-refractivity contribution in [3.05, 3.63) is 65.2 Å². The molecule has 1 saturated heterocycles. The number of amides is 2. The number of alkyl halides is 3. The quantitative estimate of drug-likeness (QED) is 0.493. The zero-order valence-corrected chi connectivity index (χ0v) is 18.8. The van der Waals surface area contributed by atoms with Crippen molar-refractivity contribution in [3.63, 3.8) is 0 Å². The summed E-state index contributed by atoms with van der Waals surface area (Å²) in [5.41, 5.74) is -0.623. The largest absolute Gasteiger partial charge is 0.496 e. The number of hydrogen-bond donors (Lipinski definition) is 3. The number of carboxylic acids is 1. The predicted molar refractivity (Wildman–Crippen MR) is 117 cm³/mol. The number of nitrogens with one attached hydrogen (secondary N) is 1. The third-order valence-electron chi connectivity index (χ3n) is 5.88. The highest BCUT2D eigenvalue weighted by Crippen LogP contribution is 2.37. The lowest BCUT2D eigenvalue weighted by molar-refractivity contribution is -0.149. The van der Waals surface area contributed by atoms with Gasteiger partial charge in [0.2, 0.25) is 11.8 Å². The number of benzene rings is 2. The van der Waals surface area contributed by atoms with Crippen LogP contribution in [0, 0.1) is 0 Å². The van der Waals surface area contributed by atoms with Crippen LogP contribution in [-0.4, -0.2) is 58.2 Å². The molecule has 8 nitrogen and oxygen atoms in total. The van der Waals surface area contributed by atoms with E-state index < -0.39 is 54.3 Å². The van der Waals surface area contributed by atoms with Crippen LogP contribution in [0.15, 0.2) is 48.5 Å². The van der Waals surface area contributed by atoms with Crippen LogP contribution in [0.5, 0.6) is 5.75 Å². The molecule has 1 fully saturated rings. The van der Waals surface area contributed by atoms with E-state index in [1.165, 1.54) is 19.2 Å². The molecule has 3 rings (SSSR count). The highest BCUT2D eigenvalue weighted by atomic mass is 19.4.